The second kappa shape index (κ2) is 6.76. The van der Waals surface area contributed by atoms with Crippen LogP contribution in [0.1, 0.15) is 23.7 Å². The second-order valence-corrected chi connectivity index (χ2v) is 3.94. The zero-order valence-electron chi connectivity index (χ0n) is 9.85. The summed E-state index contributed by atoms with van der Waals surface area (Å²) in [7, 11) is 0. The molecular formula is C12H13ClN2O3. The SMILES string of the molecule is C/C=C/CCNC(=O)c1cc([N+](=O)[O-])ccc1Cl. The van der Waals surface area contributed by atoms with Crippen LogP contribution < -0.4 is 5.32 Å². The third-order valence-electron chi connectivity index (χ3n) is 2.24. The van der Waals surface area contributed by atoms with Gasteiger partial charge >= 0.3 is 0 Å². The molecule has 0 aliphatic heterocycles. The standard InChI is InChI=1S/C12H13ClN2O3/c1-2-3-4-7-14-12(16)10-8-9(15(17)18)5-6-11(10)13/h2-3,5-6,8H,4,7H2,1H3,(H,14,16)/b3-2+. The largest absolute Gasteiger partial charge is 0.352 e. The minimum Gasteiger partial charge on any atom is -0.352 e. The van der Waals surface area contributed by atoms with Gasteiger partial charge in [-0.2, -0.15) is 0 Å². The molecule has 0 aliphatic rings. The number of hydrogen-bond donors (Lipinski definition) is 1. The summed E-state index contributed by atoms with van der Waals surface area (Å²) >= 11 is 5.84. The molecule has 0 atom stereocenters. The number of hydrogen-bond acceptors (Lipinski definition) is 3. The van der Waals surface area contributed by atoms with Gasteiger partial charge < -0.3 is 5.32 Å². The predicted octanol–water partition coefficient (Wildman–Crippen LogP) is 2.94. The first-order chi connectivity index (χ1) is 8.56. The van der Waals surface area contributed by atoms with Crippen LogP contribution in [0.15, 0.2) is 30.4 Å². The monoisotopic (exact) mass is 268 g/mol. The van der Waals surface area contributed by atoms with Gasteiger partial charge in [-0.05, 0) is 19.4 Å². The molecule has 5 nitrogen and oxygen atoms in total. The number of carbonyl (C=O) groups is 1. The first-order valence-corrected chi connectivity index (χ1v) is 5.77. The van der Waals surface area contributed by atoms with Crippen LogP contribution in [-0.2, 0) is 0 Å². The first-order valence-electron chi connectivity index (χ1n) is 5.39. The number of rotatable bonds is 5. The van der Waals surface area contributed by atoms with E-state index in [9.17, 15) is 14.9 Å². The fourth-order valence-electron chi connectivity index (χ4n) is 1.33. The highest BCUT2D eigenvalue weighted by atomic mass is 35.5. The topological polar surface area (TPSA) is 72.2 Å². The minimum atomic E-state index is -0.563. The van der Waals surface area contributed by atoms with Crippen molar-refractivity contribution in [2.24, 2.45) is 0 Å². The molecule has 1 aromatic carbocycles. The summed E-state index contributed by atoms with van der Waals surface area (Å²) in [4.78, 5) is 21.8. The number of amides is 1. The summed E-state index contributed by atoms with van der Waals surface area (Å²) in [5.41, 5.74) is -0.0376. The summed E-state index contributed by atoms with van der Waals surface area (Å²) in [6.45, 7) is 2.35. The van der Waals surface area contributed by atoms with Crippen LogP contribution in [0.25, 0.3) is 0 Å². The van der Waals surface area contributed by atoms with Gasteiger partial charge in [-0.1, -0.05) is 23.8 Å². The molecule has 18 heavy (non-hydrogen) atoms. The zero-order valence-corrected chi connectivity index (χ0v) is 10.6. The summed E-state index contributed by atoms with van der Waals surface area (Å²) in [6.07, 6.45) is 4.50. The molecule has 0 saturated heterocycles. The Kier molecular flexibility index (Phi) is 5.32. The highest BCUT2D eigenvalue weighted by molar-refractivity contribution is 6.33. The molecule has 0 spiro atoms. The van der Waals surface area contributed by atoms with Crippen molar-refractivity contribution in [3.8, 4) is 0 Å². The van der Waals surface area contributed by atoms with Crippen LogP contribution in [0.4, 0.5) is 5.69 Å². The lowest BCUT2D eigenvalue weighted by atomic mass is 10.2. The molecule has 0 unspecified atom stereocenters. The van der Waals surface area contributed by atoms with Gasteiger partial charge in [0.2, 0.25) is 0 Å². The number of nitrogens with zero attached hydrogens (tertiary/aromatic N) is 1. The molecule has 0 aromatic heterocycles. The van der Waals surface area contributed by atoms with Crippen LogP contribution in [0, 0.1) is 10.1 Å². The third kappa shape index (κ3) is 3.85. The molecular weight excluding hydrogens is 256 g/mol. The Morgan fingerprint density at radius 3 is 2.89 bits per heavy atom. The van der Waals surface area contributed by atoms with E-state index >= 15 is 0 Å². The highest BCUT2D eigenvalue weighted by Gasteiger charge is 2.15. The van der Waals surface area contributed by atoms with Crippen molar-refractivity contribution in [1.29, 1.82) is 0 Å². The van der Waals surface area contributed by atoms with Crippen LogP contribution in [0.3, 0.4) is 0 Å². The lowest BCUT2D eigenvalue weighted by molar-refractivity contribution is -0.384. The molecule has 0 saturated carbocycles. The number of nitro benzene ring substituents is 1. The normalized spacial score (nSPS) is 10.6. The molecule has 0 bridgehead atoms. The summed E-state index contributed by atoms with van der Waals surface area (Å²) < 4.78 is 0. The third-order valence-corrected chi connectivity index (χ3v) is 2.57. The fraction of sp³-hybridized carbons (Fsp3) is 0.250. The summed E-state index contributed by atoms with van der Waals surface area (Å²) in [6, 6.07) is 3.78. The van der Waals surface area contributed by atoms with Gasteiger partial charge in [0.25, 0.3) is 11.6 Å². The van der Waals surface area contributed by atoms with E-state index in [1.54, 1.807) is 0 Å². The molecule has 0 radical (unpaired) electrons. The van der Waals surface area contributed by atoms with Gasteiger partial charge in [0.15, 0.2) is 0 Å². The quantitative estimate of drug-likeness (QED) is 0.386. The highest BCUT2D eigenvalue weighted by Crippen LogP contribution is 2.21. The average molecular weight is 269 g/mol. The average Bonchev–Trinajstić information content (AvgIpc) is 2.34. The van der Waals surface area contributed by atoms with Crippen molar-refractivity contribution < 1.29 is 9.72 Å². The van der Waals surface area contributed by atoms with Gasteiger partial charge in [0, 0.05) is 18.7 Å². The lowest BCUT2D eigenvalue weighted by Gasteiger charge is -2.05. The summed E-state index contributed by atoms with van der Waals surface area (Å²) in [5, 5.41) is 13.4. The number of non-ortho nitro benzene ring substituents is 1. The Bertz CT molecular complexity index is 486. The van der Waals surface area contributed by atoms with Crippen LogP contribution in [0.2, 0.25) is 5.02 Å². The molecule has 0 fully saturated rings. The van der Waals surface area contributed by atoms with Crippen molar-refractivity contribution >= 4 is 23.2 Å². The molecule has 1 amide bonds. The molecule has 1 aromatic rings. The van der Waals surface area contributed by atoms with Gasteiger partial charge in [0.05, 0.1) is 15.5 Å². The Balaban J connectivity index is 2.78. The van der Waals surface area contributed by atoms with Gasteiger partial charge in [0.1, 0.15) is 0 Å². The van der Waals surface area contributed by atoms with Gasteiger partial charge in [-0.25, -0.2) is 0 Å². The van der Waals surface area contributed by atoms with Crippen molar-refractivity contribution in [3.63, 3.8) is 0 Å². The molecule has 0 aliphatic carbocycles. The smallest absolute Gasteiger partial charge is 0.270 e. The first kappa shape index (κ1) is 14.2. The number of nitrogens with one attached hydrogen (secondary N) is 1. The molecule has 96 valence electrons. The fourth-order valence-corrected chi connectivity index (χ4v) is 1.54. The minimum absolute atomic E-state index is 0.117. The maximum atomic E-state index is 11.8. The van der Waals surface area contributed by atoms with E-state index in [2.05, 4.69) is 5.32 Å². The molecule has 6 heteroatoms. The Morgan fingerprint density at radius 2 is 2.28 bits per heavy atom. The number of carbonyl (C=O) groups excluding carboxylic acids is 1. The lowest BCUT2D eigenvalue weighted by Crippen LogP contribution is -2.24. The van der Waals surface area contributed by atoms with Crippen molar-refractivity contribution in [2.75, 3.05) is 6.54 Å². The summed E-state index contributed by atoms with van der Waals surface area (Å²) in [5.74, 6) is -0.409. The number of halogens is 1. The van der Waals surface area contributed by atoms with Crippen LogP contribution in [0.5, 0.6) is 0 Å². The number of allylic oxidation sites excluding steroid dienone is 1. The van der Waals surface area contributed by atoms with Crippen molar-refractivity contribution in [1.82, 2.24) is 5.32 Å². The van der Waals surface area contributed by atoms with E-state index in [4.69, 9.17) is 11.6 Å². The van der Waals surface area contributed by atoms with Crippen LogP contribution >= 0.6 is 11.6 Å². The Hall–Kier alpha value is -1.88. The van der Waals surface area contributed by atoms with E-state index in [1.807, 2.05) is 19.1 Å². The van der Waals surface area contributed by atoms with E-state index in [-0.39, 0.29) is 16.3 Å². The van der Waals surface area contributed by atoms with E-state index in [0.29, 0.717) is 13.0 Å². The van der Waals surface area contributed by atoms with Gasteiger partial charge in [-0.15, -0.1) is 0 Å². The zero-order chi connectivity index (χ0) is 13.5. The van der Waals surface area contributed by atoms with Crippen LogP contribution in [-0.4, -0.2) is 17.4 Å². The second-order valence-electron chi connectivity index (χ2n) is 3.53. The van der Waals surface area contributed by atoms with Crippen molar-refractivity contribution in [3.05, 3.63) is 51.1 Å². The van der Waals surface area contributed by atoms with E-state index < -0.39 is 10.8 Å². The van der Waals surface area contributed by atoms with Crippen molar-refractivity contribution in [2.45, 2.75) is 13.3 Å². The van der Waals surface area contributed by atoms with E-state index in [1.165, 1.54) is 18.2 Å². The Morgan fingerprint density at radius 1 is 1.56 bits per heavy atom. The maximum absolute atomic E-state index is 11.8. The van der Waals surface area contributed by atoms with E-state index in [0.717, 1.165) is 0 Å². The Labute approximate surface area is 110 Å². The molecule has 1 rings (SSSR count). The number of benzene rings is 1. The van der Waals surface area contributed by atoms with Gasteiger partial charge in [-0.3, -0.25) is 14.9 Å². The molecule has 0 heterocycles. The molecule has 1 N–H and O–H groups in total. The maximum Gasteiger partial charge on any atom is 0.270 e. The number of nitro groups is 1. The predicted molar refractivity (Wildman–Crippen MR) is 69.9 cm³/mol.